The van der Waals surface area contributed by atoms with Crippen molar-refractivity contribution in [1.82, 2.24) is 20.0 Å². The average Bonchev–Trinajstić information content (AvgIpc) is 2.91. The zero-order valence-electron chi connectivity index (χ0n) is 10.3. The fraction of sp³-hybridized carbons (Fsp3) is 0.667. The van der Waals surface area contributed by atoms with Gasteiger partial charge in [-0.25, -0.2) is 0 Å². The van der Waals surface area contributed by atoms with Gasteiger partial charge in [0.15, 0.2) is 0 Å². The van der Waals surface area contributed by atoms with Gasteiger partial charge in [0.2, 0.25) is 0 Å². The van der Waals surface area contributed by atoms with Gasteiger partial charge < -0.3 is 10.2 Å². The summed E-state index contributed by atoms with van der Waals surface area (Å²) in [6.07, 6.45) is 2.95. The molecule has 2 fully saturated rings. The minimum atomic E-state index is 0.145. The number of nitrogens with one attached hydrogen (secondary N) is 1. The zero-order valence-corrected chi connectivity index (χ0v) is 10.3. The molecule has 2 saturated heterocycles. The summed E-state index contributed by atoms with van der Waals surface area (Å²) in [5.74, 6) is 0.794. The summed E-state index contributed by atoms with van der Waals surface area (Å²) in [5, 5.41) is 7.61. The lowest BCUT2D eigenvalue weighted by Gasteiger charge is -2.23. The van der Waals surface area contributed by atoms with Crippen molar-refractivity contribution in [3.63, 3.8) is 0 Å². The van der Waals surface area contributed by atoms with E-state index in [1.165, 1.54) is 0 Å². The van der Waals surface area contributed by atoms with Crippen molar-refractivity contribution in [2.24, 2.45) is 13.0 Å². The van der Waals surface area contributed by atoms with Crippen molar-refractivity contribution in [1.29, 1.82) is 0 Å². The number of carbonyl (C=O) groups excluding carboxylic acids is 1. The second-order valence-corrected chi connectivity index (χ2v) is 5.07. The quantitative estimate of drug-likeness (QED) is 0.753. The molecular formula is C12H18N4O. The molecule has 2 aliphatic heterocycles. The van der Waals surface area contributed by atoms with Gasteiger partial charge in [-0.05, 0) is 19.3 Å². The number of aryl methyl sites for hydroxylation is 2. The van der Waals surface area contributed by atoms with Gasteiger partial charge in [-0.3, -0.25) is 9.48 Å². The van der Waals surface area contributed by atoms with E-state index >= 15 is 0 Å². The number of amides is 1. The molecule has 5 nitrogen and oxygen atoms in total. The number of nitrogens with zero attached hydrogens (tertiary/aromatic N) is 3. The minimum Gasteiger partial charge on any atom is -0.334 e. The lowest BCUT2D eigenvalue weighted by molar-refractivity contribution is 0.0736. The van der Waals surface area contributed by atoms with E-state index in [1.54, 1.807) is 4.68 Å². The Balaban J connectivity index is 1.85. The molecule has 1 amide bonds. The topological polar surface area (TPSA) is 50.2 Å². The summed E-state index contributed by atoms with van der Waals surface area (Å²) in [5.41, 5.74) is 1.58. The van der Waals surface area contributed by atoms with E-state index in [-0.39, 0.29) is 5.91 Å². The Morgan fingerprint density at radius 3 is 3.06 bits per heavy atom. The van der Waals surface area contributed by atoms with E-state index < -0.39 is 0 Å². The first-order chi connectivity index (χ1) is 8.16. The molecular weight excluding hydrogens is 216 g/mol. The summed E-state index contributed by atoms with van der Waals surface area (Å²) in [6.45, 7) is 4.79. The molecule has 0 spiro atoms. The molecule has 17 heavy (non-hydrogen) atoms. The van der Waals surface area contributed by atoms with Crippen LogP contribution >= 0.6 is 0 Å². The number of carbonyl (C=O) groups is 1. The van der Waals surface area contributed by atoms with Crippen LogP contribution in [0.15, 0.2) is 6.20 Å². The Kier molecular flexibility index (Phi) is 2.43. The van der Waals surface area contributed by atoms with Crippen LogP contribution in [0, 0.1) is 12.8 Å². The Morgan fingerprint density at radius 1 is 1.53 bits per heavy atom. The highest BCUT2D eigenvalue weighted by molar-refractivity contribution is 5.95. The Hall–Kier alpha value is -1.36. The van der Waals surface area contributed by atoms with Crippen LogP contribution in [0.4, 0.5) is 0 Å². The first kappa shape index (κ1) is 10.8. The van der Waals surface area contributed by atoms with Crippen LogP contribution in [0.1, 0.15) is 22.5 Å². The molecule has 1 N–H and O–H groups in total. The van der Waals surface area contributed by atoms with Crippen molar-refractivity contribution in [2.45, 2.75) is 19.4 Å². The molecule has 1 aromatic heterocycles. The lowest BCUT2D eigenvalue weighted by atomic mass is 10.0. The van der Waals surface area contributed by atoms with E-state index in [9.17, 15) is 4.79 Å². The molecule has 0 aromatic carbocycles. The molecule has 0 radical (unpaired) electrons. The Labute approximate surface area is 101 Å². The van der Waals surface area contributed by atoms with E-state index in [0.29, 0.717) is 12.0 Å². The smallest absolute Gasteiger partial charge is 0.257 e. The number of fused-ring (bicyclic) bond motifs is 1. The average molecular weight is 234 g/mol. The maximum absolute atomic E-state index is 12.5. The minimum absolute atomic E-state index is 0.145. The highest BCUT2D eigenvalue weighted by atomic mass is 16.2. The van der Waals surface area contributed by atoms with Crippen molar-refractivity contribution >= 4 is 5.91 Å². The van der Waals surface area contributed by atoms with Gasteiger partial charge in [-0.15, -0.1) is 0 Å². The number of likely N-dealkylation sites (tertiary alicyclic amines) is 1. The maximum atomic E-state index is 12.5. The predicted octanol–water partition coefficient (Wildman–Crippen LogP) is 0.162. The van der Waals surface area contributed by atoms with Gasteiger partial charge in [0.1, 0.15) is 0 Å². The first-order valence-electron chi connectivity index (χ1n) is 6.19. The number of hydrogen-bond acceptors (Lipinski definition) is 3. The van der Waals surface area contributed by atoms with Crippen LogP contribution in [0.25, 0.3) is 0 Å². The van der Waals surface area contributed by atoms with E-state index in [4.69, 9.17) is 0 Å². The maximum Gasteiger partial charge on any atom is 0.257 e. The molecule has 0 aliphatic carbocycles. The second-order valence-electron chi connectivity index (χ2n) is 5.07. The number of rotatable bonds is 1. The van der Waals surface area contributed by atoms with Gasteiger partial charge in [0.25, 0.3) is 5.91 Å². The van der Waals surface area contributed by atoms with Gasteiger partial charge in [-0.1, -0.05) is 0 Å². The van der Waals surface area contributed by atoms with Gasteiger partial charge >= 0.3 is 0 Å². The van der Waals surface area contributed by atoms with E-state index in [2.05, 4.69) is 10.4 Å². The van der Waals surface area contributed by atoms with Crippen LogP contribution in [-0.2, 0) is 7.05 Å². The molecule has 2 aliphatic rings. The summed E-state index contributed by atoms with van der Waals surface area (Å²) < 4.78 is 1.71. The third-order valence-corrected chi connectivity index (χ3v) is 3.95. The lowest BCUT2D eigenvalue weighted by Crippen LogP contribution is -2.39. The fourth-order valence-corrected chi connectivity index (χ4v) is 3.07. The third-order valence-electron chi connectivity index (χ3n) is 3.95. The fourth-order valence-electron chi connectivity index (χ4n) is 3.07. The molecule has 3 heterocycles. The summed E-state index contributed by atoms with van der Waals surface area (Å²) in [4.78, 5) is 14.5. The molecule has 3 rings (SSSR count). The molecule has 0 saturated carbocycles. The van der Waals surface area contributed by atoms with E-state index in [0.717, 1.165) is 37.3 Å². The van der Waals surface area contributed by atoms with Gasteiger partial charge in [0, 0.05) is 38.9 Å². The predicted molar refractivity (Wildman–Crippen MR) is 63.7 cm³/mol. The van der Waals surface area contributed by atoms with Crippen LogP contribution < -0.4 is 5.32 Å². The second kappa shape index (κ2) is 3.84. The largest absolute Gasteiger partial charge is 0.334 e. The summed E-state index contributed by atoms with van der Waals surface area (Å²) in [6, 6.07) is 0.391. The molecule has 2 atom stereocenters. The van der Waals surface area contributed by atoms with Crippen LogP contribution in [0.3, 0.4) is 0 Å². The molecule has 92 valence electrons. The zero-order chi connectivity index (χ0) is 12.0. The SMILES string of the molecule is Cc1nn(C)cc1C(=O)N1CC[C@H]2CNC[C@H]21. The molecule has 0 bridgehead atoms. The summed E-state index contributed by atoms with van der Waals surface area (Å²) >= 11 is 0. The first-order valence-corrected chi connectivity index (χ1v) is 6.19. The van der Waals surface area contributed by atoms with Crippen molar-refractivity contribution in [3.8, 4) is 0 Å². The molecule has 0 unspecified atom stereocenters. The highest BCUT2D eigenvalue weighted by Gasteiger charge is 2.40. The normalized spacial score (nSPS) is 27.5. The van der Waals surface area contributed by atoms with Gasteiger partial charge in [0.05, 0.1) is 11.3 Å². The van der Waals surface area contributed by atoms with Crippen molar-refractivity contribution in [3.05, 3.63) is 17.5 Å². The molecule has 1 aromatic rings. The van der Waals surface area contributed by atoms with Crippen molar-refractivity contribution in [2.75, 3.05) is 19.6 Å². The highest BCUT2D eigenvalue weighted by Crippen LogP contribution is 2.28. The van der Waals surface area contributed by atoms with Crippen molar-refractivity contribution < 1.29 is 4.79 Å². The monoisotopic (exact) mass is 234 g/mol. The van der Waals surface area contributed by atoms with E-state index in [1.807, 2.05) is 25.1 Å². The Bertz CT molecular complexity index is 453. The third kappa shape index (κ3) is 1.65. The number of hydrogen-bond donors (Lipinski definition) is 1. The standard InChI is InChI=1S/C12H18N4O/c1-8-10(7-15(2)14-8)12(17)16-4-3-9-5-13-6-11(9)16/h7,9,11,13H,3-6H2,1-2H3/t9-,11+/m0/s1. The number of aromatic nitrogens is 2. The van der Waals surface area contributed by atoms with Crippen LogP contribution in [-0.4, -0.2) is 46.3 Å². The Morgan fingerprint density at radius 2 is 2.35 bits per heavy atom. The van der Waals surface area contributed by atoms with Crippen LogP contribution in [0.2, 0.25) is 0 Å². The molecule has 5 heteroatoms. The summed E-state index contributed by atoms with van der Waals surface area (Å²) in [7, 11) is 1.85. The van der Waals surface area contributed by atoms with Crippen LogP contribution in [0.5, 0.6) is 0 Å². The van der Waals surface area contributed by atoms with Gasteiger partial charge in [-0.2, -0.15) is 5.10 Å².